The fourth-order valence-corrected chi connectivity index (χ4v) is 2.35. The van der Waals surface area contributed by atoms with E-state index in [9.17, 15) is 9.90 Å². The van der Waals surface area contributed by atoms with Gasteiger partial charge in [0.2, 0.25) is 0 Å². The minimum Gasteiger partial charge on any atom is -0.491 e. The summed E-state index contributed by atoms with van der Waals surface area (Å²) in [5.41, 5.74) is 8.30. The number of ether oxygens (including phenoxy) is 1. The van der Waals surface area contributed by atoms with Gasteiger partial charge in [0.1, 0.15) is 5.75 Å². The number of aryl methyl sites for hydroxylation is 1. The van der Waals surface area contributed by atoms with Gasteiger partial charge in [-0.1, -0.05) is 18.2 Å². The number of nitrogens with one attached hydrogen (secondary N) is 1. The summed E-state index contributed by atoms with van der Waals surface area (Å²) in [6, 6.07) is 12.4. The second-order valence-corrected chi connectivity index (χ2v) is 6.04. The van der Waals surface area contributed by atoms with Crippen LogP contribution in [0.5, 0.6) is 5.75 Å². The Bertz CT molecular complexity index is 714. The molecule has 2 rings (SSSR count). The lowest BCUT2D eigenvalue weighted by molar-refractivity contribution is 0.0915. The lowest BCUT2D eigenvalue weighted by Gasteiger charge is -2.15. The number of amides is 1. The molecule has 0 aliphatic rings. The van der Waals surface area contributed by atoms with Crippen LogP contribution in [-0.2, 0) is 0 Å². The number of nitrogen functional groups attached to an aromatic ring is 1. The predicted octanol–water partition coefficient (Wildman–Crippen LogP) is 2.83. The fourth-order valence-electron chi connectivity index (χ4n) is 2.35. The van der Waals surface area contributed by atoms with Crippen molar-refractivity contribution in [2.45, 2.75) is 33.0 Å². The molecule has 0 saturated carbocycles. The number of rotatable bonds is 6. The molecule has 24 heavy (non-hydrogen) atoms. The lowest BCUT2D eigenvalue weighted by Crippen LogP contribution is -2.29. The Morgan fingerprint density at radius 2 is 2.00 bits per heavy atom. The molecule has 2 aromatic rings. The maximum absolute atomic E-state index is 12.3. The minimum absolute atomic E-state index is 0.0589. The monoisotopic (exact) mass is 328 g/mol. The first-order valence-corrected chi connectivity index (χ1v) is 7.96. The molecule has 1 atom stereocenters. The average molecular weight is 328 g/mol. The summed E-state index contributed by atoms with van der Waals surface area (Å²) in [5, 5.41) is 13.0. The van der Waals surface area contributed by atoms with E-state index in [4.69, 9.17) is 10.5 Å². The molecule has 0 radical (unpaired) electrons. The van der Waals surface area contributed by atoms with E-state index >= 15 is 0 Å². The molecule has 0 aromatic heterocycles. The van der Waals surface area contributed by atoms with Gasteiger partial charge in [-0.25, -0.2) is 0 Å². The number of aliphatic hydroxyl groups excluding tert-OH is 1. The second-order valence-electron chi connectivity index (χ2n) is 6.04. The maximum Gasteiger partial charge on any atom is 0.251 e. The second kappa shape index (κ2) is 7.84. The summed E-state index contributed by atoms with van der Waals surface area (Å²) >= 11 is 0. The number of carbonyl (C=O) groups excluding carboxylic acids is 1. The smallest absolute Gasteiger partial charge is 0.251 e. The van der Waals surface area contributed by atoms with Gasteiger partial charge in [0.05, 0.1) is 12.2 Å². The summed E-state index contributed by atoms with van der Waals surface area (Å²) in [6.45, 7) is 5.84. The molecule has 0 saturated heterocycles. The number of nitrogens with two attached hydrogens (primary N) is 1. The highest BCUT2D eigenvalue weighted by Gasteiger charge is 2.13. The van der Waals surface area contributed by atoms with Gasteiger partial charge in [-0.05, 0) is 56.2 Å². The van der Waals surface area contributed by atoms with Crippen molar-refractivity contribution < 1.29 is 14.6 Å². The van der Waals surface area contributed by atoms with E-state index in [1.54, 1.807) is 30.3 Å². The molecule has 0 aliphatic heterocycles. The molecule has 2 aromatic carbocycles. The predicted molar refractivity (Wildman–Crippen MR) is 95.1 cm³/mol. The summed E-state index contributed by atoms with van der Waals surface area (Å²) in [4.78, 5) is 12.3. The first kappa shape index (κ1) is 17.8. The van der Waals surface area contributed by atoms with Crippen LogP contribution in [0.25, 0.3) is 0 Å². The largest absolute Gasteiger partial charge is 0.491 e. The Morgan fingerprint density at radius 1 is 1.25 bits per heavy atom. The highest BCUT2D eigenvalue weighted by Crippen LogP contribution is 2.20. The molecule has 0 heterocycles. The maximum atomic E-state index is 12.3. The van der Waals surface area contributed by atoms with Crippen molar-refractivity contribution in [2.24, 2.45) is 0 Å². The van der Waals surface area contributed by atoms with Gasteiger partial charge in [0, 0.05) is 17.8 Å². The van der Waals surface area contributed by atoms with Crippen LogP contribution in [0.1, 0.15) is 41.4 Å². The number of hydrogen-bond acceptors (Lipinski definition) is 4. The van der Waals surface area contributed by atoms with E-state index in [1.807, 2.05) is 32.9 Å². The highest BCUT2D eigenvalue weighted by atomic mass is 16.5. The van der Waals surface area contributed by atoms with Crippen molar-refractivity contribution >= 4 is 11.6 Å². The third kappa shape index (κ3) is 4.73. The van der Waals surface area contributed by atoms with E-state index in [0.717, 1.165) is 5.56 Å². The molecule has 4 N–H and O–H groups in total. The molecule has 1 unspecified atom stereocenters. The Labute approximate surface area is 142 Å². The van der Waals surface area contributed by atoms with Crippen molar-refractivity contribution in [1.29, 1.82) is 0 Å². The van der Waals surface area contributed by atoms with Crippen LogP contribution in [0.2, 0.25) is 0 Å². The van der Waals surface area contributed by atoms with Gasteiger partial charge in [-0.3, -0.25) is 4.79 Å². The first-order chi connectivity index (χ1) is 11.4. The normalized spacial score (nSPS) is 12.0. The van der Waals surface area contributed by atoms with Gasteiger partial charge >= 0.3 is 0 Å². The van der Waals surface area contributed by atoms with Crippen molar-refractivity contribution in [1.82, 2.24) is 5.32 Å². The number of anilines is 1. The molecule has 0 aliphatic carbocycles. The van der Waals surface area contributed by atoms with E-state index in [0.29, 0.717) is 22.6 Å². The third-order valence-corrected chi connectivity index (χ3v) is 3.58. The van der Waals surface area contributed by atoms with Crippen LogP contribution in [0, 0.1) is 6.92 Å². The topological polar surface area (TPSA) is 84.6 Å². The quantitative estimate of drug-likeness (QED) is 0.712. The Kier molecular flexibility index (Phi) is 5.82. The van der Waals surface area contributed by atoms with Crippen molar-refractivity contribution in [3.8, 4) is 5.75 Å². The highest BCUT2D eigenvalue weighted by molar-refractivity contribution is 5.96. The van der Waals surface area contributed by atoms with Gasteiger partial charge in [-0.2, -0.15) is 0 Å². The van der Waals surface area contributed by atoms with Gasteiger partial charge < -0.3 is 20.9 Å². The minimum atomic E-state index is -0.814. The average Bonchev–Trinajstić information content (AvgIpc) is 2.54. The van der Waals surface area contributed by atoms with Crippen LogP contribution in [0.4, 0.5) is 5.69 Å². The summed E-state index contributed by atoms with van der Waals surface area (Å²) < 4.78 is 5.62. The van der Waals surface area contributed by atoms with E-state index in [-0.39, 0.29) is 18.6 Å². The number of hydrogen-bond donors (Lipinski definition) is 3. The summed E-state index contributed by atoms with van der Waals surface area (Å²) in [6.07, 6.45) is -0.755. The number of carbonyl (C=O) groups is 1. The van der Waals surface area contributed by atoms with Crippen LogP contribution < -0.4 is 15.8 Å². The Morgan fingerprint density at radius 3 is 2.71 bits per heavy atom. The van der Waals surface area contributed by atoms with Crippen LogP contribution in [-0.4, -0.2) is 23.7 Å². The molecular formula is C19H24N2O3. The molecule has 1 amide bonds. The van der Waals surface area contributed by atoms with Crippen LogP contribution in [0.3, 0.4) is 0 Å². The van der Waals surface area contributed by atoms with Crippen molar-refractivity contribution in [3.63, 3.8) is 0 Å². The van der Waals surface area contributed by atoms with E-state index in [2.05, 4.69) is 5.32 Å². The standard InChI is InChI=1S/C19H24N2O3/c1-12(2)24-16-6-4-5-14(9-16)18(22)11-21-19(23)17-10-15(20)8-7-13(17)3/h4-10,12,18,22H,11,20H2,1-3H3,(H,21,23). The molecule has 0 bridgehead atoms. The Hall–Kier alpha value is -2.53. The van der Waals surface area contributed by atoms with Gasteiger partial charge in [0.15, 0.2) is 0 Å². The summed E-state index contributed by atoms with van der Waals surface area (Å²) in [7, 11) is 0. The fraction of sp³-hybridized carbons (Fsp3) is 0.316. The van der Waals surface area contributed by atoms with Crippen molar-refractivity contribution in [3.05, 3.63) is 59.2 Å². The first-order valence-electron chi connectivity index (χ1n) is 7.96. The molecule has 0 fully saturated rings. The molecular weight excluding hydrogens is 304 g/mol. The zero-order valence-corrected chi connectivity index (χ0v) is 14.2. The molecule has 5 heteroatoms. The van der Waals surface area contributed by atoms with E-state index < -0.39 is 6.10 Å². The zero-order valence-electron chi connectivity index (χ0n) is 14.2. The molecule has 128 valence electrons. The molecule has 5 nitrogen and oxygen atoms in total. The van der Waals surface area contributed by atoms with Crippen LogP contribution >= 0.6 is 0 Å². The van der Waals surface area contributed by atoms with Gasteiger partial charge in [0.25, 0.3) is 5.91 Å². The SMILES string of the molecule is Cc1ccc(N)cc1C(=O)NCC(O)c1cccc(OC(C)C)c1. The van der Waals surface area contributed by atoms with Gasteiger partial charge in [-0.15, -0.1) is 0 Å². The Balaban J connectivity index is 2.01. The van der Waals surface area contributed by atoms with E-state index in [1.165, 1.54) is 0 Å². The van der Waals surface area contributed by atoms with Crippen molar-refractivity contribution in [2.75, 3.05) is 12.3 Å². The lowest BCUT2D eigenvalue weighted by atomic mass is 10.1. The zero-order chi connectivity index (χ0) is 17.7. The summed E-state index contributed by atoms with van der Waals surface area (Å²) in [5.74, 6) is 0.438. The molecule has 0 spiro atoms. The third-order valence-electron chi connectivity index (χ3n) is 3.58. The van der Waals surface area contributed by atoms with Crippen LogP contribution in [0.15, 0.2) is 42.5 Å². The number of aliphatic hydroxyl groups is 1. The number of benzene rings is 2.